The van der Waals surface area contributed by atoms with Gasteiger partial charge in [0.05, 0.1) is 24.1 Å². The van der Waals surface area contributed by atoms with Crippen molar-refractivity contribution in [3.8, 4) is 35.1 Å². The molecule has 0 spiro atoms. The summed E-state index contributed by atoms with van der Waals surface area (Å²) in [4.78, 5) is 87.7. The normalized spacial score (nSPS) is 10.8. The number of hydrogen-bond donors (Lipinski definition) is 0. The van der Waals surface area contributed by atoms with Gasteiger partial charge in [-0.15, -0.1) is 0 Å². The third-order valence-corrected chi connectivity index (χ3v) is 7.02. The van der Waals surface area contributed by atoms with E-state index in [0.29, 0.717) is 0 Å². The summed E-state index contributed by atoms with van der Waals surface area (Å²) in [7, 11) is 1.76. The van der Waals surface area contributed by atoms with Crippen molar-refractivity contribution in [3.63, 3.8) is 0 Å². The van der Waals surface area contributed by atoms with Gasteiger partial charge in [0, 0.05) is 38.3 Å². The van der Waals surface area contributed by atoms with Crippen molar-refractivity contribution in [2.45, 2.75) is 27.7 Å². The van der Waals surface area contributed by atoms with Crippen LogP contribution < -0.4 is 18.9 Å². The summed E-state index contributed by atoms with van der Waals surface area (Å²) < 4.78 is 28.8. The lowest BCUT2D eigenvalue weighted by molar-refractivity contribution is -0.386. The Morgan fingerprint density at radius 2 is 0.963 bits per heavy atom. The Morgan fingerprint density at radius 3 is 1.22 bits per heavy atom. The summed E-state index contributed by atoms with van der Waals surface area (Å²) >= 11 is 0. The first kappa shape index (κ1) is 42.6. The molecule has 284 valence electrons. The fourth-order valence-corrected chi connectivity index (χ4v) is 4.44. The number of nitrogens with zero attached hydrogens (tertiary/aromatic N) is 6. The molecule has 0 bridgehead atoms. The van der Waals surface area contributed by atoms with E-state index in [1.54, 1.807) is 39.8 Å². The summed E-state index contributed by atoms with van der Waals surface area (Å²) in [6.45, 7) is 7.51. The molecule has 0 aliphatic heterocycles. The Labute approximate surface area is 306 Å². The molecule has 54 heavy (non-hydrogen) atoms. The second-order valence-corrected chi connectivity index (χ2v) is 10.1. The molecule has 0 aliphatic carbocycles. The summed E-state index contributed by atoms with van der Waals surface area (Å²) in [5.74, 6) is -5.39. The average Bonchev–Trinajstić information content (AvgIpc) is 3.14. The summed E-state index contributed by atoms with van der Waals surface area (Å²) in [5.41, 5.74) is -3.60. The van der Waals surface area contributed by atoms with Crippen molar-refractivity contribution in [3.05, 3.63) is 66.8 Å². The highest BCUT2D eigenvalue weighted by Gasteiger charge is 2.32. The lowest BCUT2D eigenvalue weighted by atomic mass is 10.1. The summed E-state index contributed by atoms with van der Waals surface area (Å²) in [6, 6.07) is 6.63. The van der Waals surface area contributed by atoms with Gasteiger partial charge >= 0.3 is 29.8 Å². The van der Waals surface area contributed by atoms with E-state index in [9.17, 15) is 54.7 Å². The molecule has 0 fully saturated rings. The largest absolute Gasteiger partial charge is 0.520 e. The zero-order valence-electron chi connectivity index (χ0n) is 29.6. The zero-order chi connectivity index (χ0) is 40.7. The van der Waals surface area contributed by atoms with Crippen molar-refractivity contribution in [2.75, 3.05) is 40.4 Å². The quantitative estimate of drug-likeness (QED) is 0.0617. The van der Waals surface area contributed by atoms with E-state index >= 15 is 0 Å². The molecule has 0 N–H and O–H groups in total. The molecule has 0 atom stereocenters. The van der Waals surface area contributed by atoms with E-state index in [2.05, 4.69) is 9.47 Å². The minimum atomic E-state index is -1.94. The van der Waals surface area contributed by atoms with Crippen LogP contribution in [-0.2, 0) is 19.1 Å². The van der Waals surface area contributed by atoms with Gasteiger partial charge in [0.25, 0.3) is 23.3 Å². The molecule has 2 rings (SSSR count). The van der Waals surface area contributed by atoms with Gasteiger partial charge in [0.2, 0.25) is 0 Å². The first-order valence-electron chi connectivity index (χ1n) is 15.5. The number of nitro groups is 2. The van der Waals surface area contributed by atoms with E-state index in [0.717, 1.165) is 50.6 Å². The fraction of sp³-hybridized carbons (Fsp3) is 0.303. The van der Waals surface area contributed by atoms with Crippen LogP contribution in [0.25, 0.3) is 12.2 Å². The van der Waals surface area contributed by atoms with Gasteiger partial charge in [-0.25, -0.2) is 14.4 Å². The molecule has 0 saturated carbocycles. The first-order chi connectivity index (χ1) is 25.6. The van der Waals surface area contributed by atoms with Crippen LogP contribution in [0, 0.1) is 42.9 Å². The van der Waals surface area contributed by atoms with Crippen LogP contribution in [0.3, 0.4) is 0 Å². The number of ether oxygens (including phenoxy) is 6. The number of amides is 2. The molecule has 0 saturated heterocycles. The lowest BCUT2D eigenvalue weighted by Crippen LogP contribution is -2.31. The SMILES string of the molecule is CCN(CC)C(=O)C(C#N)=Cc1cc(OC(=O)OC)c(OC(=O)Oc2c(OC(=O)OC)cc(C=C(C#N)C(=O)N(CC)CC)cc2[N+](=O)[O-])c([N+](=O)[O-])c1. The average molecular weight is 753 g/mol. The minimum Gasteiger partial charge on any atom is -0.437 e. The number of hydrogen-bond acceptors (Lipinski definition) is 17. The van der Waals surface area contributed by atoms with Gasteiger partial charge in [0.15, 0.2) is 11.5 Å². The number of carbonyl (C=O) groups excluding carboxylic acids is 5. The van der Waals surface area contributed by atoms with E-state index < -0.39 is 85.6 Å². The smallest absolute Gasteiger partial charge is 0.437 e. The molecular weight excluding hydrogens is 720 g/mol. The van der Waals surface area contributed by atoms with Gasteiger partial charge in [-0.2, -0.15) is 10.5 Å². The second kappa shape index (κ2) is 19.7. The highest BCUT2D eigenvalue weighted by Crippen LogP contribution is 2.42. The number of carbonyl (C=O) groups is 5. The van der Waals surface area contributed by atoms with Crippen LogP contribution in [0.5, 0.6) is 23.0 Å². The number of nitro benzene ring substituents is 2. The molecule has 21 nitrogen and oxygen atoms in total. The number of likely N-dealkylation sites (N-methyl/N-ethyl adjacent to an activating group) is 2. The predicted molar refractivity (Wildman–Crippen MR) is 182 cm³/mol. The van der Waals surface area contributed by atoms with Gasteiger partial charge in [-0.1, -0.05) is 0 Å². The number of rotatable bonds is 14. The third-order valence-electron chi connectivity index (χ3n) is 7.02. The molecule has 0 radical (unpaired) electrons. The van der Waals surface area contributed by atoms with Crippen LogP contribution in [-0.4, -0.2) is 90.3 Å². The molecule has 0 aromatic heterocycles. The molecule has 2 amide bonds. The van der Waals surface area contributed by atoms with E-state index in [4.69, 9.17) is 18.9 Å². The van der Waals surface area contributed by atoms with E-state index in [-0.39, 0.29) is 37.3 Å². The fourth-order valence-electron chi connectivity index (χ4n) is 4.44. The van der Waals surface area contributed by atoms with Crippen LogP contribution in [0.2, 0.25) is 0 Å². The van der Waals surface area contributed by atoms with Gasteiger partial charge in [-0.05, 0) is 63.1 Å². The molecule has 2 aromatic rings. The highest BCUT2D eigenvalue weighted by molar-refractivity contribution is 6.02. The van der Waals surface area contributed by atoms with Crippen molar-refractivity contribution in [1.82, 2.24) is 9.80 Å². The van der Waals surface area contributed by atoms with Crippen molar-refractivity contribution < 1.29 is 62.2 Å². The Hall–Kier alpha value is -7.55. The highest BCUT2D eigenvalue weighted by atomic mass is 16.8. The van der Waals surface area contributed by atoms with Crippen LogP contribution in [0.4, 0.5) is 25.8 Å². The zero-order valence-corrected chi connectivity index (χ0v) is 29.6. The number of methoxy groups -OCH3 is 2. The monoisotopic (exact) mass is 752 g/mol. The Kier molecular flexibility index (Phi) is 15.6. The maximum absolute atomic E-state index is 13.2. The van der Waals surface area contributed by atoms with Crippen LogP contribution in [0.15, 0.2) is 35.4 Å². The van der Waals surface area contributed by atoms with Gasteiger partial charge < -0.3 is 38.2 Å². The maximum Gasteiger partial charge on any atom is 0.520 e. The minimum absolute atomic E-state index is 0.224. The Bertz CT molecular complexity index is 1850. The summed E-state index contributed by atoms with van der Waals surface area (Å²) in [5, 5.41) is 43.6. The van der Waals surface area contributed by atoms with Gasteiger partial charge in [0.1, 0.15) is 23.3 Å². The van der Waals surface area contributed by atoms with Crippen LogP contribution >= 0.6 is 0 Å². The van der Waals surface area contributed by atoms with Crippen molar-refractivity contribution >= 4 is 53.8 Å². The van der Waals surface area contributed by atoms with Crippen molar-refractivity contribution in [1.29, 1.82) is 10.5 Å². The molecule has 0 aliphatic rings. The molecule has 2 aromatic carbocycles. The van der Waals surface area contributed by atoms with Crippen molar-refractivity contribution in [2.24, 2.45) is 0 Å². The summed E-state index contributed by atoms with van der Waals surface area (Å²) in [6.07, 6.45) is -2.98. The van der Waals surface area contributed by atoms with E-state index in [1.807, 2.05) is 0 Å². The predicted octanol–water partition coefficient (Wildman–Crippen LogP) is 4.92. The number of nitriles is 2. The van der Waals surface area contributed by atoms with Gasteiger partial charge in [-0.3, -0.25) is 29.8 Å². The standard InChI is InChI=1S/C33H32N6O15/c1-7-36(8-2)29(40)21(17-34)11-19-13-23(38(45)46)27(25(15-19)51-31(42)49-5)53-33(44)54-28-24(39(47)48)14-20(16-26(28)52-32(43)50-6)12-22(18-35)30(41)37(9-3)10-4/h11-16H,7-10H2,1-6H3. The maximum atomic E-state index is 13.2. The molecular formula is C33H32N6O15. The third kappa shape index (κ3) is 10.7. The topological polar surface area (TPSA) is 281 Å². The van der Waals surface area contributed by atoms with E-state index in [1.165, 1.54) is 9.80 Å². The second-order valence-electron chi connectivity index (χ2n) is 10.1. The number of benzene rings is 2. The Balaban J connectivity index is 2.79. The molecule has 0 heterocycles. The first-order valence-corrected chi connectivity index (χ1v) is 15.5. The lowest BCUT2D eigenvalue weighted by Gasteiger charge is -2.18. The molecule has 0 unspecified atom stereocenters. The molecule has 21 heteroatoms. The van der Waals surface area contributed by atoms with Crippen LogP contribution in [0.1, 0.15) is 38.8 Å². The Morgan fingerprint density at radius 1 is 0.630 bits per heavy atom.